The van der Waals surface area contributed by atoms with Crippen molar-refractivity contribution in [3.8, 4) is 11.4 Å². The van der Waals surface area contributed by atoms with Gasteiger partial charge in [-0.05, 0) is 24.3 Å². The molecule has 0 unspecified atom stereocenters. The molecule has 36 heavy (non-hydrogen) atoms. The van der Waals surface area contributed by atoms with Crippen LogP contribution < -0.4 is 16.6 Å². The number of halogens is 1. The molecule has 2 aromatic heterocycles. The first-order valence-corrected chi connectivity index (χ1v) is 11.2. The van der Waals surface area contributed by atoms with Crippen molar-refractivity contribution in [2.75, 3.05) is 5.32 Å². The Bertz CT molecular complexity index is 1670. The van der Waals surface area contributed by atoms with Crippen LogP contribution in [0.3, 0.4) is 0 Å². The summed E-state index contributed by atoms with van der Waals surface area (Å²) in [5.41, 5.74) is -0.0942. The molecule has 0 saturated carbocycles. The number of benzene rings is 3. The third kappa shape index (κ3) is 4.56. The van der Waals surface area contributed by atoms with E-state index in [0.29, 0.717) is 11.3 Å². The van der Waals surface area contributed by atoms with Gasteiger partial charge >= 0.3 is 5.69 Å². The standard InChI is InChI=1S/C26H20FN5O4/c27-19-11-5-6-12-20(19)28-22(33)16-32-21-13-7-4-10-18(21)25(34)31(26(32)35)15-14-23-29-24(30-36-23)17-8-2-1-3-9-17/h1-13H,14-16H2,(H,28,33). The highest BCUT2D eigenvalue weighted by atomic mass is 19.1. The molecule has 0 atom stereocenters. The van der Waals surface area contributed by atoms with Crippen molar-refractivity contribution >= 4 is 22.5 Å². The Morgan fingerprint density at radius 3 is 2.44 bits per heavy atom. The minimum Gasteiger partial charge on any atom is -0.339 e. The maximum atomic E-state index is 14.0. The lowest BCUT2D eigenvalue weighted by Gasteiger charge is -2.14. The summed E-state index contributed by atoms with van der Waals surface area (Å²) >= 11 is 0. The Morgan fingerprint density at radius 1 is 0.917 bits per heavy atom. The normalized spacial score (nSPS) is 11.0. The predicted molar refractivity (Wildman–Crippen MR) is 131 cm³/mol. The lowest BCUT2D eigenvalue weighted by molar-refractivity contribution is -0.116. The molecule has 9 nitrogen and oxygen atoms in total. The Kier molecular flexibility index (Phi) is 6.23. The summed E-state index contributed by atoms with van der Waals surface area (Å²) < 4.78 is 21.5. The average Bonchev–Trinajstić information content (AvgIpc) is 3.37. The van der Waals surface area contributed by atoms with Crippen LogP contribution >= 0.6 is 0 Å². The maximum Gasteiger partial charge on any atom is 0.331 e. The van der Waals surface area contributed by atoms with Crippen molar-refractivity contribution in [1.29, 1.82) is 0 Å². The molecule has 3 aromatic carbocycles. The van der Waals surface area contributed by atoms with E-state index in [4.69, 9.17) is 4.52 Å². The molecule has 2 heterocycles. The third-order valence-corrected chi connectivity index (χ3v) is 5.63. The molecule has 0 aliphatic carbocycles. The van der Waals surface area contributed by atoms with Crippen LogP contribution in [0.2, 0.25) is 0 Å². The second-order valence-electron chi connectivity index (χ2n) is 8.00. The van der Waals surface area contributed by atoms with Crippen molar-refractivity contribution in [3.63, 3.8) is 0 Å². The van der Waals surface area contributed by atoms with Crippen molar-refractivity contribution in [2.24, 2.45) is 0 Å². The zero-order chi connectivity index (χ0) is 25.1. The molecular weight excluding hydrogens is 465 g/mol. The Hall–Kier alpha value is -4.86. The van der Waals surface area contributed by atoms with Gasteiger partial charge in [-0.3, -0.25) is 18.7 Å². The molecule has 0 fully saturated rings. The molecule has 5 rings (SSSR count). The molecule has 0 radical (unpaired) electrons. The van der Waals surface area contributed by atoms with E-state index in [1.54, 1.807) is 30.3 Å². The summed E-state index contributed by atoms with van der Waals surface area (Å²) in [6.45, 7) is -0.444. The van der Waals surface area contributed by atoms with Gasteiger partial charge < -0.3 is 9.84 Å². The van der Waals surface area contributed by atoms with Crippen molar-refractivity contribution < 1.29 is 13.7 Å². The van der Waals surface area contributed by atoms with E-state index in [1.165, 1.54) is 22.8 Å². The Balaban J connectivity index is 1.44. The highest BCUT2D eigenvalue weighted by Gasteiger charge is 2.17. The van der Waals surface area contributed by atoms with Crippen LogP contribution in [0.15, 0.2) is 93.0 Å². The fourth-order valence-corrected chi connectivity index (χ4v) is 3.89. The SMILES string of the molecule is O=C(Cn1c(=O)n(CCc2nc(-c3ccccc3)no2)c(=O)c2ccccc21)Nc1ccccc1F. The third-order valence-electron chi connectivity index (χ3n) is 5.63. The van der Waals surface area contributed by atoms with Crippen LogP contribution in [-0.4, -0.2) is 25.2 Å². The summed E-state index contributed by atoms with van der Waals surface area (Å²) in [4.78, 5) is 43.4. The molecule has 180 valence electrons. The molecule has 0 bridgehead atoms. The van der Waals surface area contributed by atoms with E-state index < -0.39 is 29.5 Å². The topological polar surface area (TPSA) is 112 Å². The van der Waals surface area contributed by atoms with Gasteiger partial charge in [0.2, 0.25) is 17.6 Å². The minimum absolute atomic E-state index is 0.00112. The number of carbonyl (C=O) groups is 1. The van der Waals surface area contributed by atoms with Gasteiger partial charge in [0, 0.05) is 18.5 Å². The number of aryl methyl sites for hydroxylation is 1. The molecular formula is C26H20FN5O4. The number of hydrogen-bond acceptors (Lipinski definition) is 6. The number of para-hydroxylation sites is 2. The average molecular weight is 485 g/mol. The van der Waals surface area contributed by atoms with Gasteiger partial charge in [-0.1, -0.05) is 59.8 Å². The lowest BCUT2D eigenvalue weighted by atomic mass is 10.2. The van der Waals surface area contributed by atoms with E-state index in [0.717, 1.165) is 10.1 Å². The Morgan fingerprint density at radius 2 is 1.64 bits per heavy atom. The van der Waals surface area contributed by atoms with Gasteiger partial charge in [-0.15, -0.1) is 0 Å². The van der Waals surface area contributed by atoms with E-state index in [2.05, 4.69) is 15.5 Å². The number of rotatable bonds is 7. The highest BCUT2D eigenvalue weighted by molar-refractivity contribution is 5.91. The zero-order valence-corrected chi connectivity index (χ0v) is 18.9. The summed E-state index contributed by atoms with van der Waals surface area (Å²) in [6.07, 6.45) is 0.134. The second-order valence-corrected chi connectivity index (χ2v) is 8.00. The number of nitrogens with zero attached hydrogens (tertiary/aromatic N) is 4. The number of hydrogen-bond donors (Lipinski definition) is 1. The van der Waals surface area contributed by atoms with Gasteiger partial charge in [0.25, 0.3) is 5.56 Å². The molecule has 0 aliphatic heterocycles. The van der Waals surface area contributed by atoms with Gasteiger partial charge in [-0.2, -0.15) is 4.98 Å². The fraction of sp³-hybridized carbons (Fsp3) is 0.115. The van der Waals surface area contributed by atoms with Crippen molar-refractivity contribution in [2.45, 2.75) is 19.5 Å². The summed E-state index contributed by atoms with van der Waals surface area (Å²) in [5, 5.41) is 6.69. The molecule has 1 N–H and O–H groups in total. The number of amides is 1. The van der Waals surface area contributed by atoms with E-state index in [1.807, 2.05) is 30.3 Å². The van der Waals surface area contributed by atoms with Gasteiger partial charge in [0.1, 0.15) is 12.4 Å². The number of anilines is 1. The molecule has 0 spiro atoms. The summed E-state index contributed by atoms with van der Waals surface area (Å²) in [6, 6.07) is 21.5. The van der Waals surface area contributed by atoms with Crippen LogP contribution in [-0.2, 0) is 24.3 Å². The minimum atomic E-state index is -0.676. The Labute approximate surface area is 203 Å². The molecule has 1 amide bonds. The van der Waals surface area contributed by atoms with E-state index in [9.17, 15) is 18.8 Å². The van der Waals surface area contributed by atoms with E-state index in [-0.39, 0.29) is 29.9 Å². The van der Waals surface area contributed by atoms with Crippen LogP contribution in [0, 0.1) is 5.82 Å². The largest absolute Gasteiger partial charge is 0.339 e. The number of aromatic nitrogens is 4. The first-order valence-electron chi connectivity index (χ1n) is 11.2. The second kappa shape index (κ2) is 9.79. The van der Waals surface area contributed by atoms with Crippen molar-refractivity contribution in [1.82, 2.24) is 19.3 Å². The predicted octanol–water partition coefficient (Wildman–Crippen LogP) is 3.23. The van der Waals surface area contributed by atoms with Crippen LogP contribution in [0.1, 0.15) is 5.89 Å². The molecule has 10 heteroatoms. The van der Waals surface area contributed by atoms with E-state index >= 15 is 0 Å². The molecule has 0 aliphatic rings. The highest BCUT2D eigenvalue weighted by Crippen LogP contribution is 2.16. The van der Waals surface area contributed by atoms with Crippen molar-refractivity contribution in [3.05, 3.63) is 111 Å². The van der Waals surface area contributed by atoms with Crippen LogP contribution in [0.4, 0.5) is 10.1 Å². The smallest absolute Gasteiger partial charge is 0.331 e. The number of carbonyl (C=O) groups excluding carboxylic acids is 1. The first kappa shape index (κ1) is 22.9. The van der Waals surface area contributed by atoms with Crippen LogP contribution in [0.25, 0.3) is 22.3 Å². The quantitative estimate of drug-likeness (QED) is 0.379. The number of nitrogens with one attached hydrogen (secondary N) is 1. The fourth-order valence-electron chi connectivity index (χ4n) is 3.89. The molecule has 0 saturated heterocycles. The maximum absolute atomic E-state index is 14.0. The zero-order valence-electron chi connectivity index (χ0n) is 18.9. The van der Waals surface area contributed by atoms with Gasteiger partial charge in [0.15, 0.2) is 0 Å². The summed E-state index contributed by atoms with van der Waals surface area (Å²) in [7, 11) is 0. The van der Waals surface area contributed by atoms with Crippen LogP contribution in [0.5, 0.6) is 0 Å². The molecule has 5 aromatic rings. The first-order chi connectivity index (χ1) is 17.5. The number of fused-ring (bicyclic) bond motifs is 1. The van der Waals surface area contributed by atoms with Gasteiger partial charge in [0.05, 0.1) is 16.6 Å². The van der Waals surface area contributed by atoms with Gasteiger partial charge in [-0.25, -0.2) is 9.18 Å². The monoisotopic (exact) mass is 485 g/mol. The summed E-state index contributed by atoms with van der Waals surface area (Å²) in [5.74, 6) is -0.541. The lowest BCUT2D eigenvalue weighted by Crippen LogP contribution is -2.42.